The SMILES string of the molecule is COc1cc2nccc(Oc3ccc(NC(=O)c4cc5c(n(-c6ccccc6)c4=O)CCC/C5=N\O)nc3)c2cc1OC. The quantitative estimate of drug-likeness (QED) is 0.195. The van der Waals surface area contributed by atoms with Crippen molar-refractivity contribution in [3.8, 4) is 28.7 Å². The van der Waals surface area contributed by atoms with Gasteiger partial charge in [0, 0.05) is 34.6 Å². The summed E-state index contributed by atoms with van der Waals surface area (Å²) in [5, 5.41) is 16.5. The van der Waals surface area contributed by atoms with E-state index in [1.807, 2.05) is 18.2 Å². The van der Waals surface area contributed by atoms with Crippen LogP contribution in [0.5, 0.6) is 23.0 Å². The molecule has 0 radical (unpaired) electrons. The number of hydrogen-bond donors (Lipinski definition) is 2. The van der Waals surface area contributed by atoms with E-state index in [2.05, 4.69) is 20.4 Å². The number of methoxy groups -OCH3 is 2. The van der Waals surface area contributed by atoms with Crippen LogP contribution in [0.1, 0.15) is 34.5 Å². The van der Waals surface area contributed by atoms with Gasteiger partial charge in [-0.25, -0.2) is 4.98 Å². The highest BCUT2D eigenvalue weighted by molar-refractivity contribution is 6.07. The number of hydrogen-bond acceptors (Lipinski definition) is 9. The molecular formula is C32H27N5O6. The van der Waals surface area contributed by atoms with Gasteiger partial charge in [-0.2, -0.15) is 0 Å². The van der Waals surface area contributed by atoms with E-state index in [9.17, 15) is 14.8 Å². The Bertz CT molecular complexity index is 1920. The molecule has 0 unspecified atom stereocenters. The molecule has 11 nitrogen and oxygen atoms in total. The van der Waals surface area contributed by atoms with E-state index in [0.29, 0.717) is 69.4 Å². The Morgan fingerprint density at radius 2 is 1.74 bits per heavy atom. The maximum absolute atomic E-state index is 13.7. The summed E-state index contributed by atoms with van der Waals surface area (Å²) in [6.07, 6.45) is 4.96. The number of fused-ring (bicyclic) bond motifs is 2. The summed E-state index contributed by atoms with van der Waals surface area (Å²) in [6.45, 7) is 0. The molecule has 2 N–H and O–H groups in total. The maximum atomic E-state index is 13.7. The summed E-state index contributed by atoms with van der Waals surface area (Å²) < 4.78 is 18.4. The molecule has 6 rings (SSSR count). The highest BCUT2D eigenvalue weighted by atomic mass is 16.5. The lowest BCUT2D eigenvalue weighted by Crippen LogP contribution is -2.33. The van der Waals surface area contributed by atoms with Crippen molar-refractivity contribution in [3.63, 3.8) is 0 Å². The van der Waals surface area contributed by atoms with E-state index >= 15 is 0 Å². The number of carbonyl (C=O) groups excluding carboxylic acids is 1. The fourth-order valence-electron chi connectivity index (χ4n) is 5.19. The second-order valence-corrected chi connectivity index (χ2v) is 9.76. The van der Waals surface area contributed by atoms with Crippen LogP contribution in [0, 0.1) is 0 Å². The average molecular weight is 578 g/mol. The number of rotatable bonds is 7. The number of benzene rings is 2. The number of oxime groups is 1. The van der Waals surface area contributed by atoms with Crippen LogP contribution in [-0.2, 0) is 6.42 Å². The molecule has 0 spiro atoms. The predicted octanol–water partition coefficient (Wildman–Crippen LogP) is 5.36. The minimum absolute atomic E-state index is 0.0968. The van der Waals surface area contributed by atoms with Gasteiger partial charge in [-0.15, -0.1) is 0 Å². The molecule has 0 atom stereocenters. The first-order valence-corrected chi connectivity index (χ1v) is 13.5. The van der Waals surface area contributed by atoms with Crippen LogP contribution >= 0.6 is 0 Å². The zero-order valence-corrected chi connectivity index (χ0v) is 23.4. The molecule has 3 heterocycles. The third-order valence-electron chi connectivity index (χ3n) is 7.23. The van der Waals surface area contributed by atoms with Crippen molar-refractivity contribution in [2.24, 2.45) is 5.16 Å². The Labute approximate surface area is 246 Å². The zero-order valence-electron chi connectivity index (χ0n) is 23.4. The lowest BCUT2D eigenvalue weighted by molar-refractivity contribution is 0.102. The summed E-state index contributed by atoms with van der Waals surface area (Å²) in [5.74, 6) is 1.63. The van der Waals surface area contributed by atoms with Crippen LogP contribution in [0.3, 0.4) is 0 Å². The summed E-state index contributed by atoms with van der Waals surface area (Å²) in [7, 11) is 3.11. The van der Waals surface area contributed by atoms with Crippen molar-refractivity contribution in [2.75, 3.05) is 19.5 Å². The number of nitrogens with zero attached hydrogens (tertiary/aromatic N) is 4. The minimum atomic E-state index is -0.636. The van der Waals surface area contributed by atoms with Gasteiger partial charge in [0.1, 0.15) is 22.9 Å². The maximum Gasteiger partial charge on any atom is 0.268 e. The summed E-state index contributed by atoms with van der Waals surface area (Å²) >= 11 is 0. The fraction of sp³-hybridized carbons (Fsp3) is 0.156. The molecule has 0 fully saturated rings. The normalized spacial score (nSPS) is 13.4. The largest absolute Gasteiger partial charge is 0.493 e. The van der Waals surface area contributed by atoms with E-state index in [4.69, 9.17) is 14.2 Å². The van der Waals surface area contributed by atoms with Crippen LogP contribution in [0.25, 0.3) is 16.6 Å². The van der Waals surface area contributed by atoms with Crippen molar-refractivity contribution >= 4 is 28.3 Å². The fourth-order valence-corrected chi connectivity index (χ4v) is 5.19. The molecular weight excluding hydrogens is 550 g/mol. The smallest absolute Gasteiger partial charge is 0.268 e. The lowest BCUT2D eigenvalue weighted by Gasteiger charge is -2.23. The molecule has 1 aliphatic carbocycles. The number of anilines is 1. The molecule has 43 heavy (non-hydrogen) atoms. The molecule has 1 amide bonds. The van der Waals surface area contributed by atoms with Crippen LogP contribution in [-0.4, -0.2) is 45.6 Å². The molecule has 216 valence electrons. The average Bonchev–Trinajstić information content (AvgIpc) is 3.04. The summed E-state index contributed by atoms with van der Waals surface area (Å²) in [5.41, 5.74) is 2.41. The molecule has 0 bridgehead atoms. The third kappa shape index (κ3) is 5.23. The number of aromatic nitrogens is 3. The third-order valence-corrected chi connectivity index (χ3v) is 7.23. The second kappa shape index (κ2) is 11.6. The first kappa shape index (κ1) is 27.5. The molecule has 0 saturated heterocycles. The number of para-hydroxylation sites is 1. The van der Waals surface area contributed by atoms with Crippen molar-refractivity contribution in [2.45, 2.75) is 19.3 Å². The Hall–Kier alpha value is -5.71. The lowest BCUT2D eigenvalue weighted by atomic mass is 9.92. The number of ether oxygens (including phenoxy) is 3. The molecule has 5 aromatic rings. The Kier molecular flexibility index (Phi) is 7.44. The summed E-state index contributed by atoms with van der Waals surface area (Å²) in [4.78, 5) is 35.8. The van der Waals surface area contributed by atoms with Gasteiger partial charge in [-0.05, 0) is 61.7 Å². The van der Waals surface area contributed by atoms with Crippen LogP contribution < -0.4 is 25.1 Å². The van der Waals surface area contributed by atoms with Crippen LogP contribution in [0.15, 0.2) is 89.1 Å². The van der Waals surface area contributed by atoms with E-state index in [1.165, 1.54) is 16.8 Å². The highest BCUT2D eigenvalue weighted by Crippen LogP contribution is 2.37. The molecule has 11 heteroatoms. The van der Waals surface area contributed by atoms with Crippen molar-refractivity contribution in [3.05, 3.63) is 106 Å². The van der Waals surface area contributed by atoms with Crippen LogP contribution in [0.4, 0.5) is 5.82 Å². The van der Waals surface area contributed by atoms with Gasteiger partial charge in [0.25, 0.3) is 11.5 Å². The van der Waals surface area contributed by atoms with Crippen molar-refractivity contribution < 1.29 is 24.2 Å². The van der Waals surface area contributed by atoms with E-state index in [1.54, 1.807) is 62.9 Å². The Morgan fingerprint density at radius 1 is 0.953 bits per heavy atom. The van der Waals surface area contributed by atoms with Gasteiger partial charge in [0.2, 0.25) is 0 Å². The topological polar surface area (TPSA) is 137 Å². The first-order valence-electron chi connectivity index (χ1n) is 13.5. The first-order chi connectivity index (χ1) is 21.0. The van der Waals surface area contributed by atoms with Gasteiger partial charge >= 0.3 is 0 Å². The van der Waals surface area contributed by atoms with Gasteiger partial charge < -0.3 is 24.7 Å². The van der Waals surface area contributed by atoms with E-state index < -0.39 is 11.5 Å². The molecule has 0 saturated carbocycles. The van der Waals surface area contributed by atoms with Crippen LogP contribution in [0.2, 0.25) is 0 Å². The molecule has 3 aromatic heterocycles. The number of pyridine rings is 3. The Morgan fingerprint density at radius 3 is 2.47 bits per heavy atom. The number of nitrogens with one attached hydrogen (secondary N) is 1. The monoisotopic (exact) mass is 577 g/mol. The van der Waals surface area contributed by atoms with Gasteiger partial charge in [-0.1, -0.05) is 23.4 Å². The number of amides is 1. The van der Waals surface area contributed by atoms with Gasteiger partial charge in [0.05, 0.1) is 31.6 Å². The second-order valence-electron chi connectivity index (χ2n) is 9.76. The molecule has 0 aliphatic heterocycles. The number of carbonyl (C=O) groups is 1. The highest BCUT2D eigenvalue weighted by Gasteiger charge is 2.26. The summed E-state index contributed by atoms with van der Waals surface area (Å²) in [6, 6.07) is 19.1. The van der Waals surface area contributed by atoms with E-state index in [-0.39, 0.29) is 11.4 Å². The predicted molar refractivity (Wildman–Crippen MR) is 160 cm³/mol. The van der Waals surface area contributed by atoms with Crippen molar-refractivity contribution in [1.29, 1.82) is 0 Å². The molecule has 1 aliphatic rings. The molecule has 2 aromatic carbocycles. The van der Waals surface area contributed by atoms with Crippen molar-refractivity contribution in [1.82, 2.24) is 14.5 Å². The minimum Gasteiger partial charge on any atom is -0.493 e. The van der Waals surface area contributed by atoms with Gasteiger partial charge in [-0.3, -0.25) is 19.1 Å². The van der Waals surface area contributed by atoms with Gasteiger partial charge in [0.15, 0.2) is 11.5 Å². The zero-order chi connectivity index (χ0) is 29.9. The Balaban J connectivity index is 1.28. The standard InChI is InChI=1S/C32H27N5O6/c1-41-28-16-22-25(17-29(28)42-2)33-14-13-27(22)43-20-11-12-30(34-18-20)35-31(38)23-15-21-24(36-40)9-6-10-26(21)37(32(23)39)19-7-4-3-5-8-19/h3-5,7-8,11-18,40H,6,9-10H2,1-2H3,(H,34,35,38)/b36-24+. The van der Waals surface area contributed by atoms with E-state index in [0.717, 1.165) is 6.42 Å².